The van der Waals surface area contributed by atoms with Gasteiger partial charge in [0.1, 0.15) is 5.41 Å². The number of anilines is 2. The molecular weight excluding hydrogens is 369 g/mol. The second-order valence-electron chi connectivity index (χ2n) is 7.31. The quantitative estimate of drug-likeness (QED) is 0.723. The molecule has 2 aromatic rings. The molecule has 4 nitrogen and oxygen atoms in total. The minimum absolute atomic E-state index is 0.294. The monoisotopic (exact) mass is 390 g/mol. The van der Waals surface area contributed by atoms with Gasteiger partial charge in [-0.05, 0) is 56.9 Å². The van der Waals surface area contributed by atoms with Crippen molar-refractivity contribution in [1.29, 1.82) is 0 Å². The van der Waals surface area contributed by atoms with E-state index in [2.05, 4.69) is 10.6 Å². The Bertz CT molecular complexity index is 924. The largest absolute Gasteiger partial charge is 0.418 e. The molecule has 0 spiro atoms. The van der Waals surface area contributed by atoms with Crippen molar-refractivity contribution in [2.24, 2.45) is 5.41 Å². The lowest BCUT2D eigenvalue weighted by molar-refractivity contribution is -0.137. The van der Waals surface area contributed by atoms with Crippen molar-refractivity contribution in [3.05, 3.63) is 58.7 Å². The molecule has 0 heterocycles. The fourth-order valence-corrected chi connectivity index (χ4v) is 3.37. The van der Waals surface area contributed by atoms with Gasteiger partial charge in [0, 0.05) is 5.69 Å². The van der Waals surface area contributed by atoms with Crippen LogP contribution in [0.15, 0.2) is 36.4 Å². The summed E-state index contributed by atoms with van der Waals surface area (Å²) < 4.78 is 39.4. The van der Waals surface area contributed by atoms with Crippen molar-refractivity contribution < 1.29 is 22.8 Å². The molecular formula is C21H21F3N2O2. The highest BCUT2D eigenvalue weighted by molar-refractivity contribution is 6.17. The van der Waals surface area contributed by atoms with E-state index < -0.39 is 29.0 Å². The predicted octanol–water partition coefficient (Wildman–Crippen LogP) is 4.99. The average molecular weight is 390 g/mol. The van der Waals surface area contributed by atoms with Crippen LogP contribution in [0, 0.1) is 26.2 Å². The van der Waals surface area contributed by atoms with Crippen molar-refractivity contribution in [2.75, 3.05) is 10.6 Å². The molecule has 1 saturated carbocycles. The summed E-state index contributed by atoms with van der Waals surface area (Å²) in [7, 11) is 0. The number of para-hydroxylation sites is 1. The van der Waals surface area contributed by atoms with Crippen molar-refractivity contribution in [3.8, 4) is 0 Å². The summed E-state index contributed by atoms with van der Waals surface area (Å²) in [4.78, 5) is 25.5. The van der Waals surface area contributed by atoms with Crippen LogP contribution in [-0.2, 0) is 15.8 Å². The van der Waals surface area contributed by atoms with Crippen molar-refractivity contribution in [2.45, 2.75) is 39.8 Å². The number of carbonyl (C=O) groups is 2. The molecule has 1 aliphatic rings. The van der Waals surface area contributed by atoms with Crippen LogP contribution in [0.2, 0.25) is 0 Å². The Morgan fingerprint density at radius 3 is 2.00 bits per heavy atom. The van der Waals surface area contributed by atoms with E-state index >= 15 is 0 Å². The number of rotatable bonds is 4. The summed E-state index contributed by atoms with van der Waals surface area (Å²) in [6, 6.07) is 8.57. The molecule has 2 N–H and O–H groups in total. The van der Waals surface area contributed by atoms with E-state index in [0.29, 0.717) is 18.5 Å². The number of amides is 2. The molecule has 1 fully saturated rings. The molecule has 148 valence electrons. The zero-order valence-corrected chi connectivity index (χ0v) is 15.8. The molecule has 2 aromatic carbocycles. The van der Waals surface area contributed by atoms with Crippen LogP contribution in [-0.4, -0.2) is 11.8 Å². The lowest BCUT2D eigenvalue weighted by Gasteiger charge is -2.19. The molecule has 1 aliphatic carbocycles. The lowest BCUT2D eigenvalue weighted by atomic mass is 10.0. The molecule has 28 heavy (non-hydrogen) atoms. The normalized spacial score (nSPS) is 15.1. The molecule has 3 rings (SSSR count). The van der Waals surface area contributed by atoms with E-state index in [1.54, 1.807) is 0 Å². The lowest BCUT2D eigenvalue weighted by Crippen LogP contribution is -2.36. The molecule has 0 unspecified atom stereocenters. The van der Waals surface area contributed by atoms with Gasteiger partial charge < -0.3 is 10.6 Å². The Balaban J connectivity index is 1.81. The number of hydrogen-bond acceptors (Lipinski definition) is 2. The maximum absolute atomic E-state index is 13.1. The van der Waals surface area contributed by atoms with Crippen LogP contribution in [0.5, 0.6) is 0 Å². The minimum Gasteiger partial charge on any atom is -0.325 e. The second-order valence-corrected chi connectivity index (χ2v) is 7.31. The first-order valence-electron chi connectivity index (χ1n) is 8.91. The highest BCUT2D eigenvalue weighted by atomic mass is 19.4. The third-order valence-corrected chi connectivity index (χ3v) is 5.02. The third kappa shape index (κ3) is 3.74. The number of alkyl halides is 3. The van der Waals surface area contributed by atoms with E-state index in [-0.39, 0.29) is 5.69 Å². The number of hydrogen-bond donors (Lipinski definition) is 2. The number of nitrogens with one attached hydrogen (secondary N) is 2. The van der Waals surface area contributed by atoms with Gasteiger partial charge >= 0.3 is 6.18 Å². The van der Waals surface area contributed by atoms with Gasteiger partial charge in [0.05, 0.1) is 11.3 Å². The van der Waals surface area contributed by atoms with E-state index in [4.69, 9.17) is 0 Å². The Hall–Kier alpha value is -2.83. The number of benzene rings is 2. The molecule has 0 bridgehead atoms. The van der Waals surface area contributed by atoms with E-state index in [1.807, 2.05) is 32.9 Å². The fourth-order valence-electron chi connectivity index (χ4n) is 3.37. The first kappa shape index (κ1) is 19.9. The first-order chi connectivity index (χ1) is 13.0. The van der Waals surface area contributed by atoms with Gasteiger partial charge in [-0.25, -0.2) is 0 Å². The fraction of sp³-hybridized carbons (Fsp3) is 0.333. The molecule has 2 amide bonds. The van der Waals surface area contributed by atoms with Gasteiger partial charge in [-0.2, -0.15) is 13.2 Å². The number of halogens is 3. The molecule has 0 aliphatic heterocycles. The van der Waals surface area contributed by atoms with Crippen LogP contribution in [0.4, 0.5) is 24.5 Å². The standard InChI is InChI=1S/C21H21F3N2O2/c1-12-10-13(2)17(14(3)11-12)26-19(28)20(8-9-20)18(27)25-16-7-5-4-6-15(16)21(22,23)24/h4-7,10-11H,8-9H2,1-3H3,(H,25,27)(H,26,28). The maximum Gasteiger partial charge on any atom is 0.418 e. The SMILES string of the molecule is Cc1cc(C)c(NC(=O)C2(C(=O)Nc3ccccc3C(F)(F)F)CC2)c(C)c1. The van der Waals surface area contributed by atoms with Crippen LogP contribution < -0.4 is 10.6 Å². The van der Waals surface area contributed by atoms with E-state index in [1.165, 1.54) is 18.2 Å². The molecule has 0 saturated heterocycles. The highest BCUT2D eigenvalue weighted by Gasteiger charge is 2.57. The molecule has 0 atom stereocenters. The Labute approximate surface area is 161 Å². The number of carbonyl (C=O) groups excluding carboxylic acids is 2. The predicted molar refractivity (Wildman–Crippen MR) is 101 cm³/mol. The van der Waals surface area contributed by atoms with Gasteiger partial charge in [0.2, 0.25) is 11.8 Å². The maximum atomic E-state index is 13.1. The van der Waals surface area contributed by atoms with Gasteiger partial charge in [-0.15, -0.1) is 0 Å². The van der Waals surface area contributed by atoms with Crippen molar-refractivity contribution in [3.63, 3.8) is 0 Å². The third-order valence-electron chi connectivity index (χ3n) is 5.02. The van der Waals surface area contributed by atoms with Crippen LogP contribution in [0.3, 0.4) is 0 Å². The van der Waals surface area contributed by atoms with E-state index in [9.17, 15) is 22.8 Å². The highest BCUT2D eigenvalue weighted by Crippen LogP contribution is 2.48. The molecule has 7 heteroatoms. The molecule has 0 radical (unpaired) electrons. The van der Waals surface area contributed by atoms with Crippen LogP contribution in [0.1, 0.15) is 35.1 Å². The summed E-state index contributed by atoms with van der Waals surface area (Å²) in [6.07, 6.45) is -4.01. The smallest absolute Gasteiger partial charge is 0.325 e. The zero-order valence-electron chi connectivity index (χ0n) is 15.8. The zero-order chi connectivity index (χ0) is 20.7. The van der Waals surface area contributed by atoms with Crippen molar-refractivity contribution >= 4 is 23.2 Å². The van der Waals surface area contributed by atoms with E-state index in [0.717, 1.165) is 22.8 Å². The molecule has 0 aromatic heterocycles. The Kier molecular flexibility index (Phi) is 4.95. The Morgan fingerprint density at radius 1 is 0.929 bits per heavy atom. The van der Waals surface area contributed by atoms with Gasteiger partial charge in [0.15, 0.2) is 0 Å². The second kappa shape index (κ2) is 6.96. The van der Waals surface area contributed by atoms with Gasteiger partial charge in [-0.1, -0.05) is 29.8 Å². The first-order valence-corrected chi connectivity index (χ1v) is 8.91. The summed E-state index contributed by atoms with van der Waals surface area (Å²) in [6.45, 7) is 5.66. The summed E-state index contributed by atoms with van der Waals surface area (Å²) in [5, 5.41) is 5.10. The summed E-state index contributed by atoms with van der Waals surface area (Å²) in [5.41, 5.74) is 0.782. The van der Waals surface area contributed by atoms with Gasteiger partial charge in [0.25, 0.3) is 0 Å². The average Bonchev–Trinajstić information content (AvgIpc) is 3.39. The summed E-state index contributed by atoms with van der Waals surface area (Å²) >= 11 is 0. The Morgan fingerprint density at radius 2 is 1.46 bits per heavy atom. The van der Waals surface area contributed by atoms with Crippen LogP contribution >= 0.6 is 0 Å². The van der Waals surface area contributed by atoms with Crippen molar-refractivity contribution in [1.82, 2.24) is 0 Å². The van der Waals surface area contributed by atoms with Gasteiger partial charge in [-0.3, -0.25) is 9.59 Å². The topological polar surface area (TPSA) is 58.2 Å². The van der Waals surface area contributed by atoms with Crippen LogP contribution in [0.25, 0.3) is 0 Å². The number of aryl methyl sites for hydroxylation is 3. The minimum atomic E-state index is -4.60. The summed E-state index contributed by atoms with van der Waals surface area (Å²) in [5.74, 6) is -1.21.